The van der Waals surface area contributed by atoms with E-state index < -0.39 is 29.1 Å². The predicted octanol–water partition coefficient (Wildman–Crippen LogP) is 2.31. The number of aromatic nitrogens is 2. The molecule has 0 aliphatic carbocycles. The van der Waals surface area contributed by atoms with Gasteiger partial charge in [0, 0.05) is 19.8 Å². The molecule has 1 atom stereocenters. The van der Waals surface area contributed by atoms with Crippen molar-refractivity contribution < 1.29 is 19.1 Å². The number of aromatic amines is 1. The lowest BCUT2D eigenvalue weighted by atomic mass is 9.93. The maximum Gasteiger partial charge on any atom is 0.375 e. The van der Waals surface area contributed by atoms with Gasteiger partial charge in [0.25, 0.3) is 17.2 Å². The van der Waals surface area contributed by atoms with Crippen LogP contribution in [0.3, 0.4) is 0 Å². The van der Waals surface area contributed by atoms with Crippen LogP contribution < -0.4 is 10.9 Å². The zero-order valence-corrected chi connectivity index (χ0v) is 20.2. The summed E-state index contributed by atoms with van der Waals surface area (Å²) in [5, 5.41) is 8.24. The molecule has 2 N–H and O–H groups in total. The lowest BCUT2D eigenvalue weighted by Crippen LogP contribution is -2.41. The Hall–Kier alpha value is -4.34. The molecule has 3 aromatic rings. The average molecular weight is 478 g/mol. The van der Waals surface area contributed by atoms with Gasteiger partial charge in [-0.3, -0.25) is 14.4 Å². The summed E-state index contributed by atoms with van der Waals surface area (Å²) in [5.41, 5.74) is 1.67. The zero-order valence-electron chi connectivity index (χ0n) is 20.2. The quantitative estimate of drug-likeness (QED) is 0.220. The summed E-state index contributed by atoms with van der Waals surface area (Å²) in [5.74, 6) is -4.78. The van der Waals surface area contributed by atoms with Crippen LogP contribution in [-0.4, -0.2) is 59.1 Å². The fourth-order valence-electron chi connectivity index (χ4n) is 3.53. The maximum atomic E-state index is 13.4. The highest BCUT2D eigenvalue weighted by Crippen LogP contribution is 2.21. The van der Waals surface area contributed by atoms with Crippen LogP contribution in [-0.2, 0) is 19.1 Å². The van der Waals surface area contributed by atoms with Crippen molar-refractivity contribution in [2.75, 3.05) is 26.0 Å². The number of nitrogens with zero attached hydrogens (tertiary/aromatic N) is 3. The molecule has 1 unspecified atom stereocenters. The molecular formula is C25H27N5O5. The number of anilines is 1. The fourth-order valence-corrected chi connectivity index (χ4v) is 3.53. The van der Waals surface area contributed by atoms with Gasteiger partial charge in [-0.05, 0) is 44.5 Å². The van der Waals surface area contributed by atoms with E-state index in [1.54, 1.807) is 51.4 Å². The molecule has 0 spiro atoms. The summed E-state index contributed by atoms with van der Waals surface area (Å²) in [6.07, 6.45) is 0. The minimum atomic E-state index is -1.70. The summed E-state index contributed by atoms with van der Waals surface area (Å²) in [7, 11) is 3.10. The van der Waals surface area contributed by atoms with E-state index in [0.29, 0.717) is 16.7 Å². The molecule has 0 saturated heterocycles. The van der Waals surface area contributed by atoms with E-state index in [-0.39, 0.29) is 18.0 Å². The fraction of sp³-hybridized carbons (Fsp3) is 0.280. The maximum absolute atomic E-state index is 13.4. The van der Waals surface area contributed by atoms with Crippen LogP contribution in [0.4, 0.5) is 5.69 Å². The molecule has 0 radical (unpaired) electrons. The van der Waals surface area contributed by atoms with Crippen molar-refractivity contribution in [3.63, 3.8) is 0 Å². The molecule has 0 fully saturated rings. The van der Waals surface area contributed by atoms with Crippen LogP contribution in [0, 0.1) is 13.8 Å². The molecular weight excluding hydrogens is 450 g/mol. The molecule has 0 bridgehead atoms. The van der Waals surface area contributed by atoms with Crippen molar-refractivity contribution in [3.8, 4) is 0 Å². The van der Waals surface area contributed by atoms with Crippen LogP contribution in [0.5, 0.6) is 0 Å². The number of carbonyl (C=O) groups is 3. The first-order valence-corrected chi connectivity index (χ1v) is 11.0. The van der Waals surface area contributed by atoms with Gasteiger partial charge in [0.05, 0.1) is 17.6 Å². The number of hydrazone groups is 1. The van der Waals surface area contributed by atoms with Crippen molar-refractivity contribution in [3.05, 3.63) is 69.6 Å². The molecule has 1 aromatic heterocycles. The number of hydrogen-bond donors (Lipinski definition) is 2. The minimum absolute atomic E-state index is 0.0618. The molecule has 0 aliphatic heterocycles. The van der Waals surface area contributed by atoms with E-state index in [4.69, 9.17) is 4.74 Å². The molecule has 0 aliphatic rings. The smallest absolute Gasteiger partial charge is 0.375 e. The number of carbonyl (C=O) groups excluding carboxylic acids is 3. The molecule has 2 aromatic carbocycles. The number of aryl methyl sites for hydroxylation is 2. The molecule has 10 nitrogen and oxygen atoms in total. The number of H-pyrrole nitrogens is 1. The Morgan fingerprint density at radius 2 is 1.86 bits per heavy atom. The lowest BCUT2D eigenvalue weighted by Gasteiger charge is -2.19. The summed E-state index contributed by atoms with van der Waals surface area (Å²) in [6, 6.07) is 12.1. The Morgan fingerprint density at radius 1 is 1.14 bits per heavy atom. The van der Waals surface area contributed by atoms with Gasteiger partial charge in [0.15, 0.2) is 0 Å². The van der Waals surface area contributed by atoms with E-state index in [2.05, 4.69) is 20.4 Å². The third kappa shape index (κ3) is 5.78. The normalized spacial score (nSPS) is 12.2. The molecule has 0 saturated carbocycles. The SMILES string of the molecule is CCOC(=O)C(=O)C(/C(=N\N(C)C)C(=O)Nc1ccc(C)cc1C)c1nc2ccccc2[nH]c1=O. The van der Waals surface area contributed by atoms with Gasteiger partial charge in [-0.25, -0.2) is 9.78 Å². The van der Waals surface area contributed by atoms with Gasteiger partial charge in [-0.1, -0.05) is 29.8 Å². The van der Waals surface area contributed by atoms with Crippen LogP contribution in [0.1, 0.15) is 29.7 Å². The highest BCUT2D eigenvalue weighted by Gasteiger charge is 2.39. The second-order valence-corrected chi connectivity index (χ2v) is 8.09. The molecule has 1 amide bonds. The van der Waals surface area contributed by atoms with Crippen LogP contribution >= 0.6 is 0 Å². The van der Waals surface area contributed by atoms with E-state index in [9.17, 15) is 19.2 Å². The van der Waals surface area contributed by atoms with Gasteiger partial charge in [0.2, 0.25) is 0 Å². The first kappa shape index (κ1) is 25.3. The number of nitrogens with one attached hydrogen (secondary N) is 2. The molecule has 10 heteroatoms. The summed E-state index contributed by atoms with van der Waals surface area (Å²) in [4.78, 5) is 59.2. The van der Waals surface area contributed by atoms with Crippen molar-refractivity contribution >= 4 is 40.1 Å². The number of Topliss-reactive ketones (excluding diaryl/α,β-unsaturated/α-hetero) is 1. The average Bonchev–Trinajstić information content (AvgIpc) is 2.80. The lowest BCUT2D eigenvalue weighted by molar-refractivity contribution is -0.153. The Labute approximate surface area is 202 Å². The Balaban J connectivity index is 2.19. The monoisotopic (exact) mass is 477 g/mol. The number of ketones is 1. The standard InChI is InChI=1S/C25H27N5O5/c1-6-35-25(34)22(31)19(20-23(32)28-18-10-8-7-9-17(18)26-20)21(29-30(4)5)24(33)27-16-12-11-14(2)13-15(16)3/h7-13,19H,6H2,1-5H3,(H,27,33)(H,28,32)/b29-21+. The zero-order chi connectivity index (χ0) is 25.7. The van der Waals surface area contributed by atoms with Crippen LogP contribution in [0.25, 0.3) is 11.0 Å². The number of ether oxygens (including phenoxy) is 1. The van der Waals surface area contributed by atoms with Crippen molar-refractivity contribution in [1.29, 1.82) is 0 Å². The van der Waals surface area contributed by atoms with Crippen molar-refractivity contribution in [2.45, 2.75) is 26.7 Å². The van der Waals surface area contributed by atoms with Crippen molar-refractivity contribution in [1.82, 2.24) is 15.0 Å². The Kier molecular flexibility index (Phi) is 7.75. The van der Waals surface area contributed by atoms with Crippen LogP contribution in [0.15, 0.2) is 52.4 Å². The van der Waals surface area contributed by atoms with Crippen LogP contribution in [0.2, 0.25) is 0 Å². The number of hydrogen-bond acceptors (Lipinski definition) is 8. The Morgan fingerprint density at radius 3 is 2.51 bits per heavy atom. The van der Waals surface area contributed by atoms with Gasteiger partial charge < -0.3 is 20.0 Å². The number of esters is 1. The third-order valence-corrected chi connectivity index (χ3v) is 5.08. The molecule has 3 rings (SSSR count). The van der Waals surface area contributed by atoms with Crippen molar-refractivity contribution in [2.24, 2.45) is 5.10 Å². The largest absolute Gasteiger partial charge is 0.460 e. The highest BCUT2D eigenvalue weighted by molar-refractivity contribution is 6.54. The molecule has 1 heterocycles. The first-order chi connectivity index (χ1) is 16.6. The van der Waals surface area contributed by atoms with Gasteiger partial charge in [-0.15, -0.1) is 0 Å². The van der Waals surface area contributed by atoms with E-state index in [1.807, 2.05) is 26.0 Å². The summed E-state index contributed by atoms with van der Waals surface area (Å²) in [6.45, 7) is 5.22. The van der Waals surface area contributed by atoms with Gasteiger partial charge in [0.1, 0.15) is 17.3 Å². The molecule has 35 heavy (non-hydrogen) atoms. The van der Waals surface area contributed by atoms with E-state index >= 15 is 0 Å². The first-order valence-electron chi connectivity index (χ1n) is 11.0. The highest BCUT2D eigenvalue weighted by atomic mass is 16.5. The summed E-state index contributed by atoms with van der Waals surface area (Å²) < 4.78 is 4.89. The van der Waals surface area contributed by atoms with Gasteiger partial charge in [-0.2, -0.15) is 5.10 Å². The predicted molar refractivity (Wildman–Crippen MR) is 132 cm³/mol. The van der Waals surface area contributed by atoms with E-state index in [0.717, 1.165) is 11.1 Å². The number of benzene rings is 2. The second kappa shape index (κ2) is 10.7. The Bertz CT molecular complexity index is 1380. The summed E-state index contributed by atoms with van der Waals surface area (Å²) >= 11 is 0. The van der Waals surface area contributed by atoms with Gasteiger partial charge >= 0.3 is 5.97 Å². The topological polar surface area (TPSA) is 134 Å². The number of rotatable bonds is 8. The van der Waals surface area contributed by atoms with E-state index in [1.165, 1.54) is 5.01 Å². The number of amides is 1. The second-order valence-electron chi connectivity index (χ2n) is 8.09. The minimum Gasteiger partial charge on any atom is -0.460 e. The molecule has 182 valence electrons. The number of fused-ring (bicyclic) bond motifs is 1. The third-order valence-electron chi connectivity index (χ3n) is 5.08. The number of para-hydroxylation sites is 2.